The summed E-state index contributed by atoms with van der Waals surface area (Å²) >= 11 is 0. The van der Waals surface area contributed by atoms with Crippen LogP contribution in [0.3, 0.4) is 0 Å². The number of carbonyl (C=O) groups is 1. The van der Waals surface area contributed by atoms with Crippen LogP contribution < -0.4 is 15.9 Å². The lowest BCUT2D eigenvalue weighted by Gasteiger charge is -2.35. The summed E-state index contributed by atoms with van der Waals surface area (Å²) in [6, 6.07) is 3.95. The standard InChI is InChI=1S/C21H27N5O4.C2HF3O2/c1-29-18-15(5-4-9-22-18)11-24-10-8-21(13-24)14-25-17(12-30-21)23-26(20(28)19(25)27)16-6-2-3-7-16;3-2(4,5)1(6)7/h4-5,9,16H,2-3,6-8,10-14H2,1H3;(H,6,7). The van der Waals surface area contributed by atoms with Crippen molar-refractivity contribution in [2.45, 2.75) is 69.6 Å². The quantitative estimate of drug-likeness (QED) is 0.591. The van der Waals surface area contributed by atoms with E-state index in [0.717, 1.165) is 44.2 Å². The maximum absolute atomic E-state index is 12.9. The summed E-state index contributed by atoms with van der Waals surface area (Å²) in [4.78, 5) is 41.0. The fourth-order valence-corrected chi connectivity index (χ4v) is 5.05. The second-order valence-corrected chi connectivity index (χ2v) is 9.40. The third kappa shape index (κ3) is 5.85. The van der Waals surface area contributed by atoms with Gasteiger partial charge in [0.25, 0.3) is 0 Å². The number of aromatic nitrogens is 4. The van der Waals surface area contributed by atoms with Crippen molar-refractivity contribution in [1.29, 1.82) is 0 Å². The monoisotopic (exact) mass is 527 g/mol. The largest absolute Gasteiger partial charge is 0.490 e. The molecular formula is C23H28F3N5O6. The number of methoxy groups -OCH3 is 1. The second-order valence-electron chi connectivity index (χ2n) is 9.40. The number of fused-ring (bicyclic) bond motifs is 1. The van der Waals surface area contributed by atoms with Gasteiger partial charge in [0, 0.05) is 31.4 Å². The molecule has 1 saturated heterocycles. The van der Waals surface area contributed by atoms with Gasteiger partial charge < -0.3 is 14.6 Å². The Morgan fingerprint density at radius 3 is 2.59 bits per heavy atom. The van der Waals surface area contributed by atoms with Gasteiger partial charge in [-0.3, -0.25) is 19.1 Å². The van der Waals surface area contributed by atoms with E-state index >= 15 is 0 Å². The van der Waals surface area contributed by atoms with E-state index in [1.165, 1.54) is 4.68 Å². The summed E-state index contributed by atoms with van der Waals surface area (Å²) in [5.74, 6) is -1.57. The number of pyridine rings is 1. The zero-order valence-corrected chi connectivity index (χ0v) is 20.2. The highest BCUT2D eigenvalue weighted by Crippen LogP contribution is 2.33. The normalized spacial score (nSPS) is 21.9. The maximum atomic E-state index is 12.9. The Hall–Kier alpha value is -3.26. The lowest BCUT2D eigenvalue weighted by atomic mass is 10.0. The minimum Gasteiger partial charge on any atom is -0.481 e. The lowest BCUT2D eigenvalue weighted by molar-refractivity contribution is -0.192. The molecular weight excluding hydrogens is 499 g/mol. The molecule has 37 heavy (non-hydrogen) atoms. The molecule has 14 heteroatoms. The molecule has 202 valence electrons. The van der Waals surface area contributed by atoms with Gasteiger partial charge in [0.15, 0.2) is 5.82 Å². The topological polar surface area (TPSA) is 129 Å². The van der Waals surface area contributed by atoms with Crippen LogP contribution in [0, 0.1) is 0 Å². The minimum atomic E-state index is -5.08. The molecule has 2 aliphatic heterocycles. The Balaban J connectivity index is 0.000000405. The number of likely N-dealkylation sites (tertiary alicyclic amines) is 1. The first-order valence-electron chi connectivity index (χ1n) is 11.9. The van der Waals surface area contributed by atoms with Gasteiger partial charge in [0.05, 0.1) is 19.7 Å². The van der Waals surface area contributed by atoms with Crippen molar-refractivity contribution in [1.82, 2.24) is 24.2 Å². The van der Waals surface area contributed by atoms with E-state index < -0.39 is 28.9 Å². The van der Waals surface area contributed by atoms with Crippen molar-refractivity contribution in [3.63, 3.8) is 0 Å². The molecule has 1 atom stereocenters. The van der Waals surface area contributed by atoms with Gasteiger partial charge in [-0.05, 0) is 25.3 Å². The molecule has 1 unspecified atom stereocenters. The Morgan fingerprint density at radius 1 is 1.24 bits per heavy atom. The molecule has 1 aliphatic carbocycles. The predicted molar refractivity (Wildman–Crippen MR) is 122 cm³/mol. The van der Waals surface area contributed by atoms with Crippen molar-refractivity contribution in [3.8, 4) is 5.88 Å². The van der Waals surface area contributed by atoms with Crippen LogP contribution in [0.4, 0.5) is 13.2 Å². The summed E-state index contributed by atoms with van der Waals surface area (Å²) in [6.07, 6.45) is 1.41. The third-order valence-electron chi connectivity index (χ3n) is 6.87. The van der Waals surface area contributed by atoms with Gasteiger partial charge in [-0.15, -0.1) is 0 Å². The summed E-state index contributed by atoms with van der Waals surface area (Å²) in [6.45, 7) is 2.85. The summed E-state index contributed by atoms with van der Waals surface area (Å²) in [7, 11) is 1.62. The number of rotatable bonds is 4. The van der Waals surface area contributed by atoms with Crippen LogP contribution in [0.5, 0.6) is 5.88 Å². The highest BCUT2D eigenvalue weighted by atomic mass is 19.4. The number of alkyl halides is 3. The molecule has 1 spiro atoms. The molecule has 2 fully saturated rings. The van der Waals surface area contributed by atoms with Gasteiger partial charge in [0.1, 0.15) is 12.2 Å². The Morgan fingerprint density at radius 2 is 1.95 bits per heavy atom. The van der Waals surface area contributed by atoms with Crippen LogP contribution in [0.25, 0.3) is 0 Å². The fourth-order valence-electron chi connectivity index (χ4n) is 5.05. The van der Waals surface area contributed by atoms with Gasteiger partial charge in [0.2, 0.25) is 5.88 Å². The SMILES string of the molecule is COc1ncccc1CN1CCC2(C1)Cn1c(nn(C3CCCC3)c(=O)c1=O)CO2.O=C(O)C(F)(F)F. The first-order valence-corrected chi connectivity index (χ1v) is 11.9. The van der Waals surface area contributed by atoms with Gasteiger partial charge in [-0.25, -0.2) is 14.5 Å². The Bertz CT molecular complexity index is 1260. The Kier molecular flexibility index (Phi) is 7.69. The van der Waals surface area contributed by atoms with Gasteiger partial charge in [-0.2, -0.15) is 18.3 Å². The smallest absolute Gasteiger partial charge is 0.481 e. The Labute approximate surface area is 209 Å². The number of nitrogens with zero attached hydrogens (tertiary/aromatic N) is 5. The van der Waals surface area contributed by atoms with E-state index in [1.807, 2.05) is 12.1 Å². The molecule has 1 N–H and O–H groups in total. The highest BCUT2D eigenvalue weighted by molar-refractivity contribution is 5.73. The van der Waals surface area contributed by atoms with Gasteiger partial charge >= 0.3 is 23.3 Å². The van der Waals surface area contributed by atoms with Crippen LogP contribution in [0.1, 0.15) is 49.5 Å². The zero-order chi connectivity index (χ0) is 26.8. The van der Waals surface area contributed by atoms with Crippen LogP contribution in [0.2, 0.25) is 0 Å². The van der Waals surface area contributed by atoms with E-state index in [2.05, 4.69) is 15.0 Å². The summed E-state index contributed by atoms with van der Waals surface area (Å²) < 4.78 is 46.3. The van der Waals surface area contributed by atoms with Crippen molar-refractivity contribution < 1.29 is 32.5 Å². The minimum absolute atomic E-state index is 0.0448. The number of aliphatic carboxylic acids is 1. The summed E-state index contributed by atoms with van der Waals surface area (Å²) in [5.41, 5.74) is -0.425. The number of carboxylic acids is 1. The van der Waals surface area contributed by atoms with Crippen LogP contribution in [-0.2, 0) is 29.2 Å². The predicted octanol–water partition coefficient (Wildman–Crippen LogP) is 1.73. The zero-order valence-electron chi connectivity index (χ0n) is 20.2. The molecule has 2 aromatic heterocycles. The van der Waals surface area contributed by atoms with Crippen LogP contribution in [-0.4, -0.2) is 67.3 Å². The number of halogens is 3. The van der Waals surface area contributed by atoms with Crippen LogP contribution in [0.15, 0.2) is 27.9 Å². The first-order chi connectivity index (χ1) is 17.5. The molecule has 1 saturated carbocycles. The van der Waals surface area contributed by atoms with Crippen molar-refractivity contribution >= 4 is 5.97 Å². The fraction of sp³-hybridized carbons (Fsp3) is 0.609. The van der Waals surface area contributed by atoms with E-state index in [-0.39, 0.29) is 12.6 Å². The number of hydrogen-bond donors (Lipinski definition) is 1. The van der Waals surface area contributed by atoms with Crippen molar-refractivity contribution in [3.05, 3.63) is 50.4 Å². The first kappa shape index (κ1) is 26.8. The van der Waals surface area contributed by atoms with E-state index in [0.29, 0.717) is 31.3 Å². The molecule has 0 aromatic carbocycles. The number of carboxylic acid groups (broad SMARTS) is 1. The molecule has 0 radical (unpaired) electrons. The second kappa shape index (κ2) is 10.6. The van der Waals surface area contributed by atoms with Crippen molar-refractivity contribution in [2.24, 2.45) is 0 Å². The lowest BCUT2D eigenvalue weighted by Crippen LogP contribution is -2.53. The van der Waals surface area contributed by atoms with Crippen molar-refractivity contribution in [2.75, 3.05) is 20.2 Å². The van der Waals surface area contributed by atoms with Gasteiger partial charge in [-0.1, -0.05) is 18.9 Å². The molecule has 4 heterocycles. The average molecular weight is 528 g/mol. The average Bonchev–Trinajstić information content (AvgIpc) is 3.53. The highest BCUT2D eigenvalue weighted by Gasteiger charge is 2.43. The molecule has 0 amide bonds. The van der Waals surface area contributed by atoms with E-state index in [1.54, 1.807) is 17.9 Å². The maximum Gasteiger partial charge on any atom is 0.490 e. The molecule has 5 rings (SSSR count). The number of ether oxygens (including phenoxy) is 2. The molecule has 2 aromatic rings. The third-order valence-corrected chi connectivity index (χ3v) is 6.87. The summed E-state index contributed by atoms with van der Waals surface area (Å²) in [5, 5.41) is 11.6. The van der Waals surface area contributed by atoms with Crippen LogP contribution >= 0.6 is 0 Å². The molecule has 11 nitrogen and oxygen atoms in total. The van der Waals surface area contributed by atoms with E-state index in [4.69, 9.17) is 19.4 Å². The molecule has 0 bridgehead atoms. The number of hydrogen-bond acceptors (Lipinski definition) is 8. The molecule has 3 aliphatic rings. The van der Waals surface area contributed by atoms with E-state index in [9.17, 15) is 22.8 Å².